The number of hydrogen-bond acceptors (Lipinski definition) is 4. The zero-order chi connectivity index (χ0) is 16.5. The lowest BCUT2D eigenvalue weighted by Gasteiger charge is -2.18. The molecule has 1 aromatic carbocycles. The molecule has 0 aliphatic carbocycles. The predicted molar refractivity (Wildman–Crippen MR) is 93.3 cm³/mol. The predicted octanol–water partition coefficient (Wildman–Crippen LogP) is 2.94. The average molecular weight is 331 g/mol. The standard InChI is InChI=1S/C18H21NO3S/c1-14-2-5-16(6-3-14)17(22-10-9-20)12-19-18(21)7-4-15-8-11-23-13-15/h2-8,11,13,17,20H,9-10,12H2,1H3,(H,19,21)/b7-4+. The van der Waals surface area contributed by atoms with Gasteiger partial charge in [0.2, 0.25) is 5.91 Å². The largest absolute Gasteiger partial charge is 0.394 e. The van der Waals surface area contributed by atoms with E-state index in [1.807, 2.05) is 48.0 Å². The molecule has 2 rings (SSSR count). The first-order chi connectivity index (χ1) is 11.2. The molecule has 2 aromatic rings. The Morgan fingerprint density at radius 1 is 1.35 bits per heavy atom. The minimum atomic E-state index is -0.277. The van der Waals surface area contributed by atoms with Crippen LogP contribution in [0.25, 0.3) is 6.08 Å². The molecule has 0 saturated heterocycles. The van der Waals surface area contributed by atoms with E-state index in [9.17, 15) is 4.79 Å². The number of aliphatic hydroxyl groups excluding tert-OH is 1. The summed E-state index contributed by atoms with van der Waals surface area (Å²) in [5, 5.41) is 15.7. The first kappa shape index (κ1) is 17.4. The fourth-order valence-electron chi connectivity index (χ4n) is 2.04. The molecule has 1 amide bonds. The molecule has 23 heavy (non-hydrogen) atoms. The number of ether oxygens (including phenoxy) is 1. The molecule has 5 heteroatoms. The van der Waals surface area contributed by atoms with Crippen LogP contribution < -0.4 is 5.32 Å². The molecule has 0 fully saturated rings. The molecular weight excluding hydrogens is 310 g/mol. The van der Waals surface area contributed by atoms with Crippen molar-refractivity contribution >= 4 is 23.3 Å². The molecule has 2 N–H and O–H groups in total. The number of amides is 1. The number of aryl methyl sites for hydroxylation is 1. The zero-order valence-electron chi connectivity index (χ0n) is 13.1. The van der Waals surface area contributed by atoms with Gasteiger partial charge in [-0.3, -0.25) is 4.79 Å². The minimum absolute atomic E-state index is 0.0473. The van der Waals surface area contributed by atoms with Gasteiger partial charge in [0.1, 0.15) is 0 Å². The molecule has 122 valence electrons. The maximum Gasteiger partial charge on any atom is 0.244 e. The number of thiophene rings is 1. The smallest absolute Gasteiger partial charge is 0.244 e. The number of hydrogen-bond donors (Lipinski definition) is 2. The van der Waals surface area contributed by atoms with Gasteiger partial charge in [-0.25, -0.2) is 0 Å². The van der Waals surface area contributed by atoms with Gasteiger partial charge < -0.3 is 15.2 Å². The Morgan fingerprint density at radius 2 is 2.13 bits per heavy atom. The molecule has 0 spiro atoms. The molecule has 1 atom stereocenters. The van der Waals surface area contributed by atoms with Crippen LogP contribution in [-0.2, 0) is 9.53 Å². The van der Waals surface area contributed by atoms with Gasteiger partial charge in [0.05, 0.1) is 19.3 Å². The third kappa shape index (κ3) is 5.98. The lowest BCUT2D eigenvalue weighted by atomic mass is 10.1. The summed E-state index contributed by atoms with van der Waals surface area (Å²) in [5.74, 6) is -0.166. The van der Waals surface area contributed by atoms with Crippen LogP contribution in [0.2, 0.25) is 0 Å². The number of rotatable bonds is 8. The minimum Gasteiger partial charge on any atom is -0.394 e. The molecule has 1 heterocycles. The molecule has 0 bridgehead atoms. The monoisotopic (exact) mass is 331 g/mol. The van der Waals surface area contributed by atoms with Crippen LogP contribution >= 0.6 is 11.3 Å². The van der Waals surface area contributed by atoms with Crippen LogP contribution in [0.15, 0.2) is 47.2 Å². The lowest BCUT2D eigenvalue weighted by molar-refractivity contribution is -0.117. The fraction of sp³-hybridized carbons (Fsp3) is 0.278. The Labute approximate surface area is 140 Å². The summed E-state index contributed by atoms with van der Waals surface area (Å²) in [6.45, 7) is 2.56. The summed E-state index contributed by atoms with van der Waals surface area (Å²) in [5.41, 5.74) is 3.15. The first-order valence-corrected chi connectivity index (χ1v) is 8.40. The average Bonchev–Trinajstić information content (AvgIpc) is 3.07. The molecule has 0 aliphatic heterocycles. The summed E-state index contributed by atoms with van der Waals surface area (Å²) in [7, 11) is 0. The normalized spacial score (nSPS) is 12.4. The quantitative estimate of drug-likeness (QED) is 0.731. The van der Waals surface area contributed by atoms with Gasteiger partial charge in [0, 0.05) is 12.6 Å². The Kier molecular flexibility index (Phi) is 7.00. The number of carbonyl (C=O) groups is 1. The van der Waals surface area contributed by atoms with Crippen molar-refractivity contribution < 1.29 is 14.6 Å². The molecule has 1 unspecified atom stereocenters. The van der Waals surface area contributed by atoms with Gasteiger partial charge >= 0.3 is 0 Å². The van der Waals surface area contributed by atoms with E-state index in [4.69, 9.17) is 9.84 Å². The summed E-state index contributed by atoms with van der Waals surface area (Å²) >= 11 is 1.59. The van der Waals surface area contributed by atoms with Crippen molar-refractivity contribution in [1.29, 1.82) is 0 Å². The lowest BCUT2D eigenvalue weighted by Crippen LogP contribution is -2.28. The maximum atomic E-state index is 11.9. The van der Waals surface area contributed by atoms with Crippen LogP contribution in [0.4, 0.5) is 0 Å². The van der Waals surface area contributed by atoms with E-state index < -0.39 is 0 Å². The van der Waals surface area contributed by atoms with E-state index in [-0.39, 0.29) is 25.2 Å². The van der Waals surface area contributed by atoms with Gasteiger partial charge in [0.25, 0.3) is 0 Å². The van der Waals surface area contributed by atoms with E-state index in [2.05, 4.69) is 5.32 Å². The summed E-state index contributed by atoms with van der Waals surface area (Å²) < 4.78 is 5.63. The van der Waals surface area contributed by atoms with E-state index in [0.717, 1.165) is 16.7 Å². The SMILES string of the molecule is Cc1ccc(C(CNC(=O)/C=C/c2ccsc2)OCCO)cc1. The fourth-order valence-corrected chi connectivity index (χ4v) is 2.67. The van der Waals surface area contributed by atoms with Gasteiger partial charge in [0.15, 0.2) is 0 Å². The second-order valence-corrected chi connectivity index (χ2v) is 5.91. The highest BCUT2D eigenvalue weighted by Crippen LogP contribution is 2.17. The topological polar surface area (TPSA) is 58.6 Å². The van der Waals surface area contributed by atoms with Gasteiger partial charge in [-0.1, -0.05) is 29.8 Å². The molecule has 4 nitrogen and oxygen atoms in total. The molecule has 0 saturated carbocycles. The van der Waals surface area contributed by atoms with Gasteiger partial charge in [-0.15, -0.1) is 0 Å². The number of aliphatic hydroxyl groups is 1. The summed E-state index contributed by atoms with van der Waals surface area (Å²) in [6.07, 6.45) is 3.02. The molecular formula is C18H21NO3S. The van der Waals surface area contributed by atoms with Gasteiger partial charge in [-0.05, 0) is 41.0 Å². The van der Waals surface area contributed by atoms with Crippen molar-refractivity contribution in [1.82, 2.24) is 5.32 Å². The Balaban J connectivity index is 1.92. The Bertz CT molecular complexity index is 620. The van der Waals surface area contributed by atoms with Gasteiger partial charge in [-0.2, -0.15) is 11.3 Å². The first-order valence-electron chi connectivity index (χ1n) is 7.46. The zero-order valence-corrected chi connectivity index (χ0v) is 13.9. The van der Waals surface area contributed by atoms with Crippen LogP contribution in [0, 0.1) is 6.92 Å². The van der Waals surface area contributed by atoms with Crippen LogP contribution in [0.3, 0.4) is 0 Å². The van der Waals surface area contributed by atoms with Crippen molar-refractivity contribution in [2.45, 2.75) is 13.0 Å². The number of benzene rings is 1. The van der Waals surface area contributed by atoms with Crippen molar-refractivity contribution in [2.75, 3.05) is 19.8 Å². The van der Waals surface area contributed by atoms with Crippen LogP contribution in [0.1, 0.15) is 22.8 Å². The third-order valence-corrected chi connectivity index (χ3v) is 3.99. The highest BCUT2D eigenvalue weighted by Gasteiger charge is 2.12. The second kappa shape index (κ2) is 9.25. The van der Waals surface area contributed by atoms with Crippen molar-refractivity contribution in [3.63, 3.8) is 0 Å². The highest BCUT2D eigenvalue weighted by atomic mass is 32.1. The van der Waals surface area contributed by atoms with E-state index >= 15 is 0 Å². The Morgan fingerprint density at radius 3 is 2.78 bits per heavy atom. The molecule has 1 aromatic heterocycles. The second-order valence-electron chi connectivity index (χ2n) is 5.13. The van der Waals surface area contributed by atoms with Crippen molar-refractivity contribution in [3.05, 3.63) is 63.9 Å². The van der Waals surface area contributed by atoms with E-state index in [0.29, 0.717) is 6.54 Å². The number of nitrogens with one attached hydrogen (secondary N) is 1. The van der Waals surface area contributed by atoms with Crippen molar-refractivity contribution in [3.8, 4) is 0 Å². The van der Waals surface area contributed by atoms with Crippen LogP contribution in [-0.4, -0.2) is 30.8 Å². The highest BCUT2D eigenvalue weighted by molar-refractivity contribution is 7.08. The van der Waals surface area contributed by atoms with Crippen LogP contribution in [0.5, 0.6) is 0 Å². The Hall–Kier alpha value is -1.95. The maximum absolute atomic E-state index is 11.9. The summed E-state index contributed by atoms with van der Waals surface area (Å²) in [4.78, 5) is 11.9. The van der Waals surface area contributed by atoms with E-state index in [1.165, 1.54) is 6.08 Å². The molecule has 0 aliphatic rings. The van der Waals surface area contributed by atoms with E-state index in [1.54, 1.807) is 17.4 Å². The molecule has 0 radical (unpaired) electrons. The summed E-state index contributed by atoms with van der Waals surface area (Å²) in [6, 6.07) is 9.91. The third-order valence-electron chi connectivity index (χ3n) is 3.29. The van der Waals surface area contributed by atoms with Crippen molar-refractivity contribution in [2.24, 2.45) is 0 Å². The number of carbonyl (C=O) groups excluding carboxylic acids is 1.